The molecule has 3 N–H and O–H groups in total. The number of carboxylic acid groups (broad SMARTS) is 1. The van der Waals surface area contributed by atoms with Crippen molar-refractivity contribution in [1.82, 2.24) is 10.4 Å². The third-order valence-corrected chi connectivity index (χ3v) is 5.69. The van der Waals surface area contributed by atoms with Crippen LogP contribution in [0.2, 0.25) is 0 Å². The van der Waals surface area contributed by atoms with Crippen LogP contribution in [0.5, 0.6) is 0 Å². The highest BCUT2D eigenvalue weighted by Gasteiger charge is 2.18. The lowest BCUT2D eigenvalue weighted by Gasteiger charge is -2.17. The zero-order chi connectivity index (χ0) is 23.4. The first-order valence-corrected chi connectivity index (χ1v) is 10.8. The number of carbonyl (C=O) groups is 3. The smallest absolute Gasteiger partial charge is 0.337 e. The molecule has 2 amide bonds. The van der Waals surface area contributed by atoms with Gasteiger partial charge in [0, 0.05) is 24.7 Å². The summed E-state index contributed by atoms with van der Waals surface area (Å²) in [4.78, 5) is 36.9. The van der Waals surface area contributed by atoms with E-state index in [0.29, 0.717) is 0 Å². The van der Waals surface area contributed by atoms with Crippen molar-refractivity contribution in [3.63, 3.8) is 0 Å². The summed E-state index contributed by atoms with van der Waals surface area (Å²) in [6, 6.07) is 18.0. The fraction of sp³-hybridized carbons (Fsp3) is 0.192. The number of carboxylic acids is 1. The molecule has 0 unspecified atom stereocenters. The monoisotopic (exact) mass is 443 g/mol. The summed E-state index contributed by atoms with van der Waals surface area (Å²) >= 11 is 0. The van der Waals surface area contributed by atoms with Crippen LogP contribution in [0.25, 0.3) is 16.3 Å². The molecule has 0 atom stereocenters. The Labute approximate surface area is 191 Å². The Morgan fingerprint density at radius 2 is 1.61 bits per heavy atom. The van der Waals surface area contributed by atoms with Crippen LogP contribution in [0.15, 0.2) is 66.7 Å². The predicted octanol–water partition coefficient (Wildman–Crippen LogP) is 4.32. The fourth-order valence-corrected chi connectivity index (χ4v) is 3.90. The molecule has 0 spiro atoms. The Morgan fingerprint density at radius 3 is 2.33 bits per heavy atom. The minimum atomic E-state index is -1.19. The predicted molar refractivity (Wildman–Crippen MR) is 128 cm³/mol. The molecule has 0 aromatic heterocycles. The Bertz CT molecular complexity index is 1260. The van der Waals surface area contributed by atoms with Crippen molar-refractivity contribution in [3.8, 4) is 0 Å². The van der Waals surface area contributed by atoms with Crippen LogP contribution in [0.4, 0.5) is 5.69 Å². The number of allylic oxidation sites excluding steroid dienone is 1. The number of rotatable bonds is 6. The molecule has 3 aromatic carbocycles. The average molecular weight is 444 g/mol. The Balaban J connectivity index is 1.54. The van der Waals surface area contributed by atoms with E-state index in [-0.39, 0.29) is 22.7 Å². The van der Waals surface area contributed by atoms with Crippen molar-refractivity contribution < 1.29 is 19.5 Å². The molecule has 3 aromatic rings. The summed E-state index contributed by atoms with van der Waals surface area (Å²) in [5, 5.41) is 16.2. The number of hydrogen-bond acceptors (Lipinski definition) is 4. The summed E-state index contributed by atoms with van der Waals surface area (Å²) in [7, 11) is 0. The van der Waals surface area contributed by atoms with Gasteiger partial charge in [0.15, 0.2) is 0 Å². The Hall–Kier alpha value is -3.97. The van der Waals surface area contributed by atoms with E-state index >= 15 is 0 Å². The molecule has 33 heavy (non-hydrogen) atoms. The number of nitrogens with one attached hydrogen (secondary N) is 2. The molecule has 168 valence electrons. The summed E-state index contributed by atoms with van der Waals surface area (Å²) in [5.74, 6) is -2.00. The molecule has 0 bridgehead atoms. The Morgan fingerprint density at radius 1 is 0.909 bits per heavy atom. The summed E-state index contributed by atoms with van der Waals surface area (Å²) in [6.07, 6.45) is 3.46. The maximum Gasteiger partial charge on any atom is 0.337 e. The van der Waals surface area contributed by atoms with Gasteiger partial charge in [0.2, 0.25) is 5.91 Å². The molecule has 7 nitrogen and oxygen atoms in total. The van der Waals surface area contributed by atoms with E-state index in [2.05, 4.69) is 10.7 Å². The number of nitrogens with zero attached hydrogens (tertiary/aromatic N) is 1. The number of hydrazine groups is 1. The van der Waals surface area contributed by atoms with Gasteiger partial charge in [-0.1, -0.05) is 36.4 Å². The first-order valence-electron chi connectivity index (χ1n) is 10.8. The van der Waals surface area contributed by atoms with Crippen LogP contribution >= 0.6 is 0 Å². The standard InChI is InChI=1S/C26H25N3O4/c1-17(19-9-8-18-6-2-3-7-20(18)15-19)14-24(30)27-23-16-21(10-11-22(23)26(32)33)25(31)28-29-12-4-5-13-29/h2-3,6-11,14-16H,4-5,12-13H2,1H3,(H,27,30)(H,28,31)(H,32,33)/b17-14-. The van der Waals surface area contributed by atoms with Crippen molar-refractivity contribution in [2.75, 3.05) is 18.4 Å². The van der Waals surface area contributed by atoms with Crippen molar-refractivity contribution in [2.24, 2.45) is 0 Å². The molecule has 0 saturated carbocycles. The fourth-order valence-electron chi connectivity index (χ4n) is 3.90. The van der Waals surface area contributed by atoms with Gasteiger partial charge < -0.3 is 10.4 Å². The van der Waals surface area contributed by atoms with Crippen LogP contribution < -0.4 is 10.7 Å². The molecule has 1 heterocycles. The summed E-state index contributed by atoms with van der Waals surface area (Å²) < 4.78 is 0. The quantitative estimate of drug-likeness (QED) is 0.493. The Kier molecular flexibility index (Phi) is 6.51. The van der Waals surface area contributed by atoms with Crippen LogP contribution in [0, 0.1) is 0 Å². The summed E-state index contributed by atoms with van der Waals surface area (Å²) in [5.41, 5.74) is 4.70. The molecule has 7 heteroatoms. The molecule has 1 fully saturated rings. The number of carbonyl (C=O) groups excluding carboxylic acids is 2. The maximum absolute atomic E-state index is 12.7. The van der Waals surface area contributed by atoms with Gasteiger partial charge in [-0.15, -0.1) is 0 Å². The zero-order valence-electron chi connectivity index (χ0n) is 18.3. The molecule has 1 aliphatic heterocycles. The molecule has 0 radical (unpaired) electrons. The normalized spacial score (nSPS) is 14.3. The average Bonchev–Trinajstić information content (AvgIpc) is 3.31. The van der Waals surface area contributed by atoms with E-state index in [4.69, 9.17) is 0 Å². The second kappa shape index (κ2) is 9.67. The van der Waals surface area contributed by atoms with Gasteiger partial charge >= 0.3 is 5.97 Å². The number of benzene rings is 3. The lowest BCUT2D eigenvalue weighted by Crippen LogP contribution is -2.40. The molecular formula is C26H25N3O4. The van der Waals surface area contributed by atoms with Gasteiger partial charge in [0.05, 0.1) is 11.3 Å². The van der Waals surface area contributed by atoms with E-state index in [9.17, 15) is 19.5 Å². The third kappa shape index (κ3) is 5.27. The highest BCUT2D eigenvalue weighted by molar-refractivity contribution is 6.08. The maximum atomic E-state index is 12.7. The highest BCUT2D eigenvalue weighted by Crippen LogP contribution is 2.22. The van der Waals surface area contributed by atoms with Gasteiger partial charge in [-0.3, -0.25) is 15.0 Å². The first-order chi connectivity index (χ1) is 15.9. The molecule has 4 rings (SSSR count). The van der Waals surface area contributed by atoms with Gasteiger partial charge in [-0.05, 0) is 65.9 Å². The minimum absolute atomic E-state index is 0.0733. The van der Waals surface area contributed by atoms with E-state index < -0.39 is 11.9 Å². The van der Waals surface area contributed by atoms with Crippen molar-refractivity contribution in [3.05, 3.63) is 83.4 Å². The number of hydrogen-bond donors (Lipinski definition) is 3. The van der Waals surface area contributed by atoms with Crippen molar-refractivity contribution in [1.29, 1.82) is 0 Å². The summed E-state index contributed by atoms with van der Waals surface area (Å²) in [6.45, 7) is 3.38. The van der Waals surface area contributed by atoms with Gasteiger partial charge in [0.1, 0.15) is 0 Å². The van der Waals surface area contributed by atoms with E-state index in [1.807, 2.05) is 54.4 Å². The lowest BCUT2D eigenvalue weighted by molar-refractivity contribution is -0.111. The van der Waals surface area contributed by atoms with Crippen molar-refractivity contribution in [2.45, 2.75) is 19.8 Å². The van der Waals surface area contributed by atoms with Gasteiger partial charge in [-0.2, -0.15) is 0 Å². The largest absolute Gasteiger partial charge is 0.478 e. The second-order valence-corrected chi connectivity index (χ2v) is 8.08. The third-order valence-electron chi connectivity index (χ3n) is 5.69. The van der Waals surface area contributed by atoms with Gasteiger partial charge in [-0.25, -0.2) is 9.80 Å². The van der Waals surface area contributed by atoms with Gasteiger partial charge in [0.25, 0.3) is 5.91 Å². The molecule has 1 saturated heterocycles. The topological polar surface area (TPSA) is 98.7 Å². The van der Waals surface area contributed by atoms with Crippen molar-refractivity contribution >= 4 is 39.8 Å². The number of fused-ring (bicyclic) bond motifs is 1. The molecule has 0 aliphatic carbocycles. The van der Waals surface area contributed by atoms with Crippen LogP contribution in [0.1, 0.15) is 46.0 Å². The number of amides is 2. The van der Waals surface area contributed by atoms with E-state index in [0.717, 1.165) is 47.8 Å². The van der Waals surface area contributed by atoms with Crippen LogP contribution in [-0.4, -0.2) is 41.0 Å². The van der Waals surface area contributed by atoms with E-state index in [1.54, 1.807) is 0 Å². The zero-order valence-corrected chi connectivity index (χ0v) is 18.3. The second-order valence-electron chi connectivity index (χ2n) is 8.08. The minimum Gasteiger partial charge on any atom is -0.478 e. The SMILES string of the molecule is C/C(=C/C(=O)Nc1cc(C(=O)NN2CCCC2)ccc1C(=O)O)c1ccc2ccccc2c1. The van der Waals surface area contributed by atoms with E-state index in [1.165, 1.54) is 24.3 Å². The number of aromatic carboxylic acids is 1. The first kappa shape index (κ1) is 22.2. The highest BCUT2D eigenvalue weighted by atomic mass is 16.4. The molecule has 1 aliphatic rings. The lowest BCUT2D eigenvalue weighted by atomic mass is 10.0. The van der Waals surface area contributed by atoms with Crippen LogP contribution in [0.3, 0.4) is 0 Å². The van der Waals surface area contributed by atoms with Crippen LogP contribution in [-0.2, 0) is 4.79 Å². The molecular weight excluding hydrogens is 418 g/mol. The number of anilines is 1.